The van der Waals surface area contributed by atoms with Crippen molar-refractivity contribution in [1.82, 2.24) is 4.57 Å². The van der Waals surface area contributed by atoms with Gasteiger partial charge in [-0.25, -0.2) is 0 Å². The number of nitrogens with one attached hydrogen (secondary N) is 1. The smallest absolute Gasteiger partial charge is 0.0736 e. The van der Waals surface area contributed by atoms with Crippen molar-refractivity contribution in [2.75, 3.05) is 5.32 Å². The molecule has 7 aromatic carbocycles. The van der Waals surface area contributed by atoms with Crippen LogP contribution in [-0.2, 0) is 5.41 Å². The minimum absolute atomic E-state index is 0.380. The number of rotatable bonds is 3. The van der Waals surface area contributed by atoms with Crippen LogP contribution < -0.4 is 5.32 Å². The summed E-state index contributed by atoms with van der Waals surface area (Å²) in [5, 5.41) is 6.38. The number of aromatic nitrogens is 1. The molecule has 0 saturated carbocycles. The number of anilines is 2. The maximum absolute atomic E-state index is 3.89. The van der Waals surface area contributed by atoms with Gasteiger partial charge >= 0.3 is 0 Å². The van der Waals surface area contributed by atoms with Crippen molar-refractivity contribution in [2.45, 2.75) is 15.2 Å². The lowest BCUT2D eigenvalue weighted by Crippen LogP contribution is -2.32. The number of benzene rings is 7. The summed E-state index contributed by atoms with van der Waals surface area (Å²) in [6, 6.07) is 59.9. The molecular weight excluding hydrogens is 577 g/mol. The fourth-order valence-electron chi connectivity index (χ4n) is 8.04. The molecule has 3 heteroatoms. The van der Waals surface area contributed by atoms with Crippen molar-refractivity contribution in [1.29, 1.82) is 0 Å². The zero-order valence-corrected chi connectivity index (χ0v) is 25.8. The highest BCUT2D eigenvalue weighted by molar-refractivity contribution is 7.99. The molecule has 2 heterocycles. The van der Waals surface area contributed by atoms with Crippen LogP contribution in [0.1, 0.15) is 22.3 Å². The van der Waals surface area contributed by atoms with E-state index >= 15 is 0 Å². The summed E-state index contributed by atoms with van der Waals surface area (Å²) in [7, 11) is 0. The molecule has 0 unspecified atom stereocenters. The van der Waals surface area contributed by atoms with E-state index in [0.717, 1.165) is 11.4 Å². The normalized spacial score (nSPS) is 13.7. The van der Waals surface area contributed by atoms with Crippen molar-refractivity contribution < 1.29 is 0 Å². The summed E-state index contributed by atoms with van der Waals surface area (Å²) >= 11 is 1.88. The first-order valence-electron chi connectivity index (χ1n) is 15.8. The first-order valence-corrected chi connectivity index (χ1v) is 16.6. The topological polar surface area (TPSA) is 17.0 Å². The van der Waals surface area contributed by atoms with Gasteiger partial charge in [-0.2, -0.15) is 0 Å². The van der Waals surface area contributed by atoms with Gasteiger partial charge in [-0.05, 0) is 81.9 Å². The van der Waals surface area contributed by atoms with Crippen LogP contribution in [0.15, 0.2) is 174 Å². The van der Waals surface area contributed by atoms with Crippen molar-refractivity contribution in [3.05, 3.63) is 186 Å². The Hall–Kier alpha value is -5.51. The molecular formula is C43H28N2S. The Bertz CT molecular complexity index is 2440. The molecule has 0 atom stereocenters. The second kappa shape index (κ2) is 9.74. The summed E-state index contributed by atoms with van der Waals surface area (Å²) < 4.78 is 2.37. The van der Waals surface area contributed by atoms with Crippen molar-refractivity contribution in [2.24, 2.45) is 0 Å². The molecule has 0 bridgehead atoms. The van der Waals surface area contributed by atoms with Crippen LogP contribution in [0.3, 0.4) is 0 Å². The maximum atomic E-state index is 3.89. The number of fused-ring (bicyclic) bond motifs is 12. The van der Waals surface area contributed by atoms with E-state index in [1.54, 1.807) is 0 Å². The quantitative estimate of drug-likeness (QED) is 0.216. The largest absolute Gasteiger partial charge is 0.355 e. The van der Waals surface area contributed by atoms with E-state index in [1.807, 2.05) is 11.8 Å². The number of nitrogens with zero attached hydrogens (tertiary/aromatic N) is 1. The highest BCUT2D eigenvalue weighted by Crippen LogP contribution is 2.63. The molecule has 0 amide bonds. The Morgan fingerprint density at radius 3 is 1.91 bits per heavy atom. The molecule has 46 heavy (non-hydrogen) atoms. The number of hydrogen-bond acceptors (Lipinski definition) is 2. The average molecular weight is 605 g/mol. The molecule has 1 aromatic heterocycles. The fraction of sp³-hybridized carbons (Fsp3) is 0.0233. The van der Waals surface area contributed by atoms with Crippen LogP contribution in [0.4, 0.5) is 11.4 Å². The lowest BCUT2D eigenvalue weighted by molar-refractivity contribution is 0.723. The Labute approximate surface area is 272 Å². The Kier molecular flexibility index (Phi) is 5.46. The number of hydrogen-bond donors (Lipinski definition) is 1. The predicted octanol–water partition coefficient (Wildman–Crippen LogP) is 11.4. The van der Waals surface area contributed by atoms with E-state index in [0.29, 0.717) is 0 Å². The minimum atomic E-state index is -0.380. The predicted molar refractivity (Wildman–Crippen MR) is 192 cm³/mol. The van der Waals surface area contributed by atoms with Gasteiger partial charge in [-0.15, -0.1) is 0 Å². The lowest BCUT2D eigenvalue weighted by Gasteiger charge is -2.40. The second-order valence-electron chi connectivity index (χ2n) is 12.2. The van der Waals surface area contributed by atoms with Crippen LogP contribution in [-0.4, -0.2) is 4.57 Å². The second-order valence-corrected chi connectivity index (χ2v) is 13.2. The van der Waals surface area contributed by atoms with Gasteiger partial charge in [-0.1, -0.05) is 127 Å². The summed E-state index contributed by atoms with van der Waals surface area (Å²) in [5.41, 5.74) is 13.5. The van der Waals surface area contributed by atoms with Gasteiger partial charge in [-0.3, -0.25) is 0 Å². The molecule has 1 aliphatic heterocycles. The van der Waals surface area contributed by atoms with Gasteiger partial charge in [0.05, 0.1) is 22.1 Å². The van der Waals surface area contributed by atoms with E-state index in [2.05, 4.69) is 174 Å². The summed E-state index contributed by atoms with van der Waals surface area (Å²) in [6.45, 7) is 0. The van der Waals surface area contributed by atoms with Crippen molar-refractivity contribution >= 4 is 44.9 Å². The Morgan fingerprint density at radius 2 is 1.11 bits per heavy atom. The third-order valence-corrected chi connectivity index (χ3v) is 11.1. The molecule has 2 aliphatic rings. The average Bonchev–Trinajstić information content (AvgIpc) is 3.60. The van der Waals surface area contributed by atoms with E-state index in [-0.39, 0.29) is 5.41 Å². The molecule has 8 aromatic rings. The molecule has 0 radical (unpaired) electrons. The van der Waals surface area contributed by atoms with Gasteiger partial charge in [0.25, 0.3) is 0 Å². The zero-order valence-electron chi connectivity index (χ0n) is 24.9. The van der Waals surface area contributed by atoms with Gasteiger partial charge < -0.3 is 9.88 Å². The fourth-order valence-corrected chi connectivity index (χ4v) is 9.30. The standard InChI is InChI=1S/C43H28N2S/c1-2-13-29(14-3-1)45-39-23-10-6-17-32(39)33-27-28(25-26-40(33)45)44-38-22-12-21-37-42(38)46-41-24-11-9-20-36(41)43(37)34-18-7-4-15-30(34)31-16-5-8-19-35(31)43/h1-27,44H. The summed E-state index contributed by atoms with van der Waals surface area (Å²) in [5.74, 6) is 0. The van der Waals surface area contributed by atoms with Crippen LogP contribution in [0.5, 0.6) is 0 Å². The van der Waals surface area contributed by atoms with Gasteiger partial charge in [0.15, 0.2) is 0 Å². The molecule has 1 N–H and O–H groups in total. The third kappa shape index (κ3) is 3.44. The van der Waals surface area contributed by atoms with Crippen LogP contribution in [0, 0.1) is 0 Å². The van der Waals surface area contributed by atoms with Crippen LogP contribution in [0.2, 0.25) is 0 Å². The van der Waals surface area contributed by atoms with E-state index < -0.39 is 0 Å². The van der Waals surface area contributed by atoms with Crippen molar-refractivity contribution in [3.8, 4) is 16.8 Å². The first-order chi connectivity index (χ1) is 22.8. The van der Waals surface area contributed by atoms with Crippen LogP contribution in [0.25, 0.3) is 38.6 Å². The molecule has 216 valence electrons. The third-order valence-electron chi connectivity index (χ3n) is 9.84. The van der Waals surface area contributed by atoms with Crippen molar-refractivity contribution in [3.63, 3.8) is 0 Å². The van der Waals surface area contributed by atoms with Gasteiger partial charge in [0.2, 0.25) is 0 Å². The Balaban J connectivity index is 1.17. The maximum Gasteiger partial charge on any atom is 0.0736 e. The molecule has 2 nitrogen and oxygen atoms in total. The molecule has 0 fully saturated rings. The van der Waals surface area contributed by atoms with Gasteiger partial charge in [0, 0.05) is 31.9 Å². The molecule has 10 rings (SSSR count). The first kappa shape index (κ1) is 25.8. The molecule has 1 aliphatic carbocycles. The lowest BCUT2D eigenvalue weighted by atomic mass is 9.67. The monoisotopic (exact) mass is 604 g/mol. The van der Waals surface area contributed by atoms with E-state index in [1.165, 1.54) is 70.7 Å². The SMILES string of the molecule is c1ccc(-n2c3ccccc3c3cc(Nc4cccc5c4Sc4ccccc4C54c5ccccc5-c5ccccc54)ccc32)cc1. The van der Waals surface area contributed by atoms with Crippen LogP contribution >= 0.6 is 11.8 Å². The Morgan fingerprint density at radius 1 is 0.478 bits per heavy atom. The molecule has 0 saturated heterocycles. The highest BCUT2D eigenvalue weighted by Gasteiger charge is 2.50. The van der Waals surface area contributed by atoms with Gasteiger partial charge in [0.1, 0.15) is 0 Å². The van der Waals surface area contributed by atoms with E-state index in [4.69, 9.17) is 0 Å². The summed E-state index contributed by atoms with van der Waals surface area (Å²) in [4.78, 5) is 2.58. The summed E-state index contributed by atoms with van der Waals surface area (Å²) in [6.07, 6.45) is 0. The van der Waals surface area contributed by atoms with E-state index in [9.17, 15) is 0 Å². The minimum Gasteiger partial charge on any atom is -0.355 e. The number of para-hydroxylation sites is 2. The molecule has 1 spiro atoms. The zero-order chi connectivity index (χ0) is 30.2. The highest BCUT2D eigenvalue weighted by atomic mass is 32.2.